The Morgan fingerprint density at radius 2 is 0.775 bits per heavy atom. The number of piperazine rings is 1. The van der Waals surface area contributed by atoms with Gasteiger partial charge in [-0.05, 0) is 59.7 Å². The Hall–Kier alpha value is -4.68. The summed E-state index contributed by atoms with van der Waals surface area (Å²) in [6.45, 7) is 0. The second kappa shape index (κ2) is 10.1. The maximum absolute atomic E-state index is 14.3. The molecule has 1 fully saturated rings. The lowest BCUT2D eigenvalue weighted by molar-refractivity contribution is -0.150. The van der Waals surface area contributed by atoms with Crippen molar-refractivity contribution in [2.24, 2.45) is 0 Å². The van der Waals surface area contributed by atoms with Gasteiger partial charge in [-0.3, -0.25) is 9.59 Å². The number of aromatic hydroxyl groups is 2. The van der Waals surface area contributed by atoms with E-state index < -0.39 is 43.9 Å². The molecule has 0 radical (unpaired) electrons. The molecule has 5 rings (SSSR count). The minimum atomic E-state index is -4.74. The van der Waals surface area contributed by atoms with Gasteiger partial charge in [-0.15, -0.1) is 0 Å². The number of carbonyl (C=O) groups excluding carboxylic acids is 2. The van der Waals surface area contributed by atoms with E-state index in [0.29, 0.717) is 8.61 Å². The predicted molar refractivity (Wildman–Crippen MR) is 143 cm³/mol. The van der Waals surface area contributed by atoms with Crippen molar-refractivity contribution < 1.29 is 36.6 Å². The highest BCUT2D eigenvalue weighted by molar-refractivity contribution is 7.90. The Kier molecular flexibility index (Phi) is 6.82. The summed E-state index contributed by atoms with van der Waals surface area (Å²) in [5.41, 5.74) is 0.140. The fourth-order valence-electron chi connectivity index (χ4n) is 4.50. The SMILES string of the molecule is O=C1C(c2ccccc2)N(S(=O)(=O)c2ccc(O)cc2)C(=O)C(c2ccccc2)N1S(=O)(=O)c1ccc(O)cc1. The molecule has 0 aliphatic carbocycles. The highest BCUT2D eigenvalue weighted by Gasteiger charge is 2.56. The molecule has 2 N–H and O–H groups in total. The van der Waals surface area contributed by atoms with Crippen LogP contribution < -0.4 is 0 Å². The number of hydrogen-bond donors (Lipinski definition) is 2. The average Bonchev–Trinajstić information content (AvgIpc) is 2.94. The first-order valence-corrected chi connectivity index (χ1v) is 14.8. The van der Waals surface area contributed by atoms with Crippen molar-refractivity contribution in [1.29, 1.82) is 0 Å². The van der Waals surface area contributed by atoms with Gasteiger partial charge in [0, 0.05) is 0 Å². The molecule has 4 aromatic carbocycles. The molecule has 40 heavy (non-hydrogen) atoms. The number of benzene rings is 4. The van der Waals surface area contributed by atoms with Crippen LogP contribution in [0.15, 0.2) is 119 Å². The summed E-state index contributed by atoms with van der Waals surface area (Å²) in [6.07, 6.45) is 0. The molecule has 2 atom stereocenters. The second-order valence-electron chi connectivity index (χ2n) is 8.89. The van der Waals surface area contributed by atoms with Gasteiger partial charge in [-0.2, -0.15) is 0 Å². The van der Waals surface area contributed by atoms with Crippen LogP contribution in [0.25, 0.3) is 0 Å². The van der Waals surface area contributed by atoms with E-state index >= 15 is 0 Å². The zero-order chi connectivity index (χ0) is 28.7. The highest BCUT2D eigenvalue weighted by atomic mass is 32.2. The number of sulfonamides is 2. The third-order valence-electron chi connectivity index (χ3n) is 6.39. The van der Waals surface area contributed by atoms with E-state index in [4.69, 9.17) is 0 Å². The van der Waals surface area contributed by atoms with E-state index in [0.717, 1.165) is 48.5 Å². The second-order valence-corrected chi connectivity index (χ2v) is 12.5. The van der Waals surface area contributed by atoms with Gasteiger partial charge in [0.05, 0.1) is 9.79 Å². The van der Waals surface area contributed by atoms with E-state index in [1.54, 1.807) is 12.1 Å². The van der Waals surface area contributed by atoms with E-state index in [-0.39, 0.29) is 32.4 Å². The Labute approximate surface area is 230 Å². The number of amides is 2. The summed E-state index contributed by atoms with van der Waals surface area (Å²) in [6, 6.07) is 20.1. The van der Waals surface area contributed by atoms with E-state index in [1.165, 1.54) is 48.5 Å². The molecule has 204 valence electrons. The first kappa shape index (κ1) is 26.9. The van der Waals surface area contributed by atoms with Crippen molar-refractivity contribution in [2.75, 3.05) is 0 Å². The van der Waals surface area contributed by atoms with Gasteiger partial charge in [0.1, 0.15) is 11.5 Å². The summed E-state index contributed by atoms with van der Waals surface area (Å²) in [5.74, 6) is -2.77. The first-order chi connectivity index (χ1) is 19.0. The summed E-state index contributed by atoms with van der Waals surface area (Å²) in [7, 11) is -9.48. The van der Waals surface area contributed by atoms with Gasteiger partial charge >= 0.3 is 0 Å². The number of carbonyl (C=O) groups is 2. The minimum absolute atomic E-state index is 0.0700. The zero-order valence-corrected chi connectivity index (χ0v) is 22.2. The molecule has 2 amide bonds. The molecule has 10 nitrogen and oxygen atoms in total. The monoisotopic (exact) mass is 578 g/mol. The maximum atomic E-state index is 14.3. The largest absolute Gasteiger partial charge is 0.508 e. The molecule has 0 aromatic heterocycles. The Morgan fingerprint density at radius 3 is 1.07 bits per heavy atom. The Morgan fingerprint density at radius 1 is 0.475 bits per heavy atom. The first-order valence-electron chi connectivity index (χ1n) is 11.9. The van der Waals surface area contributed by atoms with Crippen molar-refractivity contribution in [3.63, 3.8) is 0 Å². The van der Waals surface area contributed by atoms with Crippen LogP contribution in [-0.2, 0) is 29.6 Å². The number of phenolic OH excluding ortho intramolecular Hbond substituents is 2. The quantitative estimate of drug-likeness (QED) is 0.354. The minimum Gasteiger partial charge on any atom is -0.508 e. The van der Waals surface area contributed by atoms with Crippen LogP contribution in [0.4, 0.5) is 0 Å². The van der Waals surface area contributed by atoms with Crippen molar-refractivity contribution in [3.05, 3.63) is 120 Å². The van der Waals surface area contributed by atoms with Gasteiger partial charge in [0.15, 0.2) is 12.1 Å². The molecule has 0 bridgehead atoms. The van der Waals surface area contributed by atoms with E-state index in [2.05, 4.69) is 0 Å². The molecule has 1 heterocycles. The number of rotatable bonds is 6. The van der Waals surface area contributed by atoms with Gasteiger partial charge in [0.25, 0.3) is 31.9 Å². The zero-order valence-electron chi connectivity index (χ0n) is 20.6. The van der Waals surface area contributed by atoms with Crippen molar-refractivity contribution in [3.8, 4) is 11.5 Å². The lowest BCUT2D eigenvalue weighted by Crippen LogP contribution is -2.59. The molecule has 12 heteroatoms. The number of hydrogen-bond acceptors (Lipinski definition) is 8. The van der Waals surface area contributed by atoms with Crippen LogP contribution in [0.3, 0.4) is 0 Å². The van der Waals surface area contributed by atoms with Gasteiger partial charge in [-0.1, -0.05) is 60.7 Å². The lowest BCUT2D eigenvalue weighted by Gasteiger charge is -2.43. The third kappa shape index (κ3) is 4.56. The van der Waals surface area contributed by atoms with Crippen LogP contribution in [0.5, 0.6) is 11.5 Å². The smallest absolute Gasteiger partial charge is 0.267 e. The van der Waals surface area contributed by atoms with Crippen LogP contribution in [0.1, 0.15) is 23.2 Å². The van der Waals surface area contributed by atoms with Crippen LogP contribution in [0, 0.1) is 0 Å². The Balaban J connectivity index is 1.78. The van der Waals surface area contributed by atoms with Crippen molar-refractivity contribution >= 4 is 31.9 Å². The van der Waals surface area contributed by atoms with Crippen molar-refractivity contribution in [2.45, 2.75) is 21.9 Å². The summed E-state index contributed by atoms with van der Waals surface area (Å²) in [4.78, 5) is 27.8. The van der Waals surface area contributed by atoms with E-state index in [1.807, 2.05) is 0 Å². The van der Waals surface area contributed by atoms with Crippen molar-refractivity contribution in [1.82, 2.24) is 8.61 Å². The van der Waals surface area contributed by atoms with Crippen LogP contribution >= 0.6 is 0 Å². The standard InChI is InChI=1S/C28H22N2O8S2/c31-21-11-15-23(16-12-21)39(35,36)29-25(19-7-3-1-4-8-19)27(33)30(26(28(29)34)20-9-5-2-6-10-20)40(37,38)24-17-13-22(32)14-18-24/h1-18,25-26,31-32H. The maximum Gasteiger partial charge on any atom is 0.267 e. The molecular weight excluding hydrogens is 556 g/mol. The molecule has 0 saturated carbocycles. The molecule has 1 saturated heterocycles. The molecule has 4 aromatic rings. The van der Waals surface area contributed by atoms with Gasteiger partial charge in [0.2, 0.25) is 0 Å². The predicted octanol–water partition coefficient (Wildman–Crippen LogP) is 3.33. The fraction of sp³-hybridized carbons (Fsp3) is 0.0714. The summed E-state index contributed by atoms with van der Waals surface area (Å²) < 4.78 is 56.6. The normalized spacial score (nSPS) is 18.1. The van der Waals surface area contributed by atoms with Crippen LogP contribution in [0.2, 0.25) is 0 Å². The topological polar surface area (TPSA) is 149 Å². The number of phenols is 2. The van der Waals surface area contributed by atoms with E-state index in [9.17, 15) is 36.6 Å². The van der Waals surface area contributed by atoms with Gasteiger partial charge in [-0.25, -0.2) is 25.4 Å². The third-order valence-corrected chi connectivity index (χ3v) is 9.94. The number of nitrogens with zero attached hydrogens (tertiary/aromatic N) is 2. The molecule has 2 unspecified atom stereocenters. The summed E-state index contributed by atoms with van der Waals surface area (Å²) >= 11 is 0. The molecule has 0 spiro atoms. The average molecular weight is 579 g/mol. The molecular formula is C28H22N2O8S2. The summed E-state index contributed by atoms with van der Waals surface area (Å²) in [5, 5.41) is 19.4. The lowest BCUT2D eigenvalue weighted by atomic mass is 9.98. The van der Waals surface area contributed by atoms with Crippen LogP contribution in [-0.4, -0.2) is 47.5 Å². The fourth-order valence-corrected chi connectivity index (χ4v) is 7.57. The highest BCUT2D eigenvalue weighted by Crippen LogP contribution is 2.43. The molecule has 1 aliphatic rings. The Bertz CT molecular complexity index is 1640. The molecule has 1 aliphatic heterocycles. The van der Waals surface area contributed by atoms with Gasteiger partial charge < -0.3 is 10.2 Å².